The van der Waals surface area contributed by atoms with Crippen LogP contribution in [-0.4, -0.2) is 11.5 Å². The van der Waals surface area contributed by atoms with Crippen molar-refractivity contribution in [1.82, 2.24) is 4.98 Å². The van der Waals surface area contributed by atoms with Crippen LogP contribution in [-0.2, 0) is 0 Å². The lowest BCUT2D eigenvalue weighted by Gasteiger charge is -2.26. The molecule has 4 N–H and O–H groups in total. The van der Waals surface area contributed by atoms with E-state index in [1.807, 2.05) is 13.0 Å². The zero-order chi connectivity index (χ0) is 21.6. The molecule has 0 amide bonds. The van der Waals surface area contributed by atoms with Crippen molar-refractivity contribution in [2.75, 3.05) is 11.9 Å². The van der Waals surface area contributed by atoms with E-state index in [0.717, 1.165) is 0 Å². The number of pyridine rings is 1. The van der Waals surface area contributed by atoms with Crippen LogP contribution in [0, 0.1) is 22.7 Å². The zero-order valence-corrected chi connectivity index (χ0v) is 17.8. The quantitative estimate of drug-likeness (QED) is 0.533. The third-order valence-corrected chi connectivity index (χ3v) is 6.45. The Kier molecular flexibility index (Phi) is 5.08. The number of nitrogens with one attached hydrogen (secondary N) is 2. The first-order valence-electron chi connectivity index (χ1n) is 8.80. The molecule has 1 aromatic carbocycles. The molecule has 1 unspecified atom stereocenters. The van der Waals surface area contributed by atoms with Crippen LogP contribution < -0.4 is 21.3 Å². The molecule has 3 aromatic rings. The second-order valence-electron chi connectivity index (χ2n) is 6.44. The topological polar surface area (TPSA) is 128 Å². The van der Waals surface area contributed by atoms with Crippen LogP contribution in [0.3, 0.4) is 0 Å². The Hall–Kier alpha value is -3.17. The van der Waals surface area contributed by atoms with E-state index in [-0.39, 0.29) is 27.8 Å². The van der Waals surface area contributed by atoms with E-state index in [2.05, 4.69) is 16.4 Å². The summed E-state index contributed by atoms with van der Waals surface area (Å²) in [5.41, 5.74) is 7.01. The third-order valence-electron chi connectivity index (χ3n) is 4.74. The van der Waals surface area contributed by atoms with Crippen LogP contribution in [0.1, 0.15) is 29.5 Å². The number of hydrogen-bond acceptors (Lipinski definition) is 7. The van der Waals surface area contributed by atoms with Crippen LogP contribution >= 0.6 is 34.5 Å². The summed E-state index contributed by atoms with van der Waals surface area (Å²) >= 11 is 13.7. The van der Waals surface area contributed by atoms with Gasteiger partial charge in [-0.1, -0.05) is 29.3 Å². The van der Waals surface area contributed by atoms with Crippen molar-refractivity contribution in [2.24, 2.45) is 5.73 Å². The minimum absolute atomic E-state index is 0.0699. The summed E-state index contributed by atoms with van der Waals surface area (Å²) in [6.45, 7) is 2.50. The molecule has 2 aromatic heterocycles. The molecule has 10 heteroatoms. The van der Waals surface area contributed by atoms with Gasteiger partial charge in [-0.25, -0.2) is 0 Å². The molecule has 0 spiro atoms. The Bertz CT molecular complexity index is 1380. The number of allylic oxidation sites excluding steroid dienone is 1. The molecule has 0 radical (unpaired) electrons. The Balaban J connectivity index is 2.09. The molecule has 3 heterocycles. The Morgan fingerprint density at radius 2 is 2.10 bits per heavy atom. The van der Waals surface area contributed by atoms with Crippen molar-refractivity contribution >= 4 is 49.8 Å². The minimum atomic E-state index is -0.841. The van der Waals surface area contributed by atoms with E-state index < -0.39 is 11.5 Å². The monoisotopic (exact) mass is 457 g/mol. The molecule has 0 fully saturated rings. The Morgan fingerprint density at radius 3 is 2.73 bits per heavy atom. The lowest BCUT2D eigenvalue weighted by Crippen LogP contribution is -2.27. The van der Waals surface area contributed by atoms with Crippen LogP contribution in [0.15, 0.2) is 34.4 Å². The van der Waals surface area contributed by atoms with Gasteiger partial charge >= 0.3 is 0 Å². The summed E-state index contributed by atoms with van der Waals surface area (Å²) in [6.07, 6.45) is 0. The van der Waals surface area contributed by atoms with E-state index in [1.54, 1.807) is 12.1 Å². The average molecular weight is 458 g/mol. The van der Waals surface area contributed by atoms with Crippen molar-refractivity contribution in [3.63, 3.8) is 0 Å². The van der Waals surface area contributed by atoms with E-state index in [1.165, 1.54) is 17.4 Å². The number of thiophene rings is 1. The first kappa shape index (κ1) is 20.1. The standard InChI is InChI=1S/C20H13Cl2N5O2S/c1-2-26-20-11(7-24)15-17(30-20)16-14(19(28)27-15)13(10(6-23)18(25)29-16)9-4-3-8(21)5-12(9)22/h3-5,13,26H,2,25H2,1H3,(H,27,28). The maximum Gasteiger partial charge on any atom is 0.256 e. The number of halogens is 2. The highest BCUT2D eigenvalue weighted by Gasteiger charge is 2.36. The third kappa shape index (κ3) is 2.98. The smallest absolute Gasteiger partial charge is 0.256 e. The summed E-state index contributed by atoms with van der Waals surface area (Å²) in [7, 11) is 0. The SMILES string of the molecule is CCNc1sc2c3c(c(=O)[nH]c2c1C#N)C(c1ccc(Cl)cc1Cl)C(C#N)=C(N)O3. The van der Waals surface area contributed by atoms with Crippen molar-refractivity contribution < 1.29 is 4.74 Å². The number of hydrogen-bond donors (Lipinski definition) is 3. The lowest BCUT2D eigenvalue weighted by molar-refractivity contribution is 0.397. The van der Waals surface area contributed by atoms with Gasteiger partial charge in [0.2, 0.25) is 5.88 Å². The molecule has 0 aliphatic carbocycles. The van der Waals surface area contributed by atoms with Gasteiger partial charge in [0, 0.05) is 16.6 Å². The minimum Gasteiger partial charge on any atom is -0.438 e. The number of anilines is 1. The van der Waals surface area contributed by atoms with E-state index in [9.17, 15) is 15.3 Å². The normalized spacial score (nSPS) is 15.3. The zero-order valence-electron chi connectivity index (χ0n) is 15.5. The molecule has 0 saturated heterocycles. The Morgan fingerprint density at radius 1 is 1.33 bits per heavy atom. The first-order valence-corrected chi connectivity index (χ1v) is 10.4. The predicted octanol–water partition coefficient (Wildman–Crippen LogP) is 4.42. The maximum absolute atomic E-state index is 13.1. The Labute approximate surface area is 184 Å². The van der Waals surface area contributed by atoms with E-state index >= 15 is 0 Å². The molecule has 1 atom stereocenters. The van der Waals surface area contributed by atoms with Gasteiger partial charge in [0.25, 0.3) is 5.56 Å². The maximum atomic E-state index is 13.1. The number of ether oxygens (including phenoxy) is 1. The van der Waals surface area contributed by atoms with Gasteiger partial charge in [-0.05, 0) is 24.6 Å². The first-order chi connectivity index (χ1) is 14.4. The van der Waals surface area contributed by atoms with Crippen LogP contribution in [0.4, 0.5) is 5.00 Å². The number of rotatable bonds is 3. The van der Waals surface area contributed by atoms with Crippen molar-refractivity contribution in [3.05, 3.63) is 66.7 Å². The van der Waals surface area contributed by atoms with Gasteiger partial charge in [-0.15, -0.1) is 11.3 Å². The predicted molar refractivity (Wildman–Crippen MR) is 117 cm³/mol. The fraction of sp³-hybridized carbons (Fsp3) is 0.150. The summed E-state index contributed by atoms with van der Waals surface area (Å²) in [4.78, 5) is 15.9. The molecular formula is C20H13Cl2N5O2S. The van der Waals surface area contributed by atoms with Gasteiger partial charge in [-0.2, -0.15) is 10.5 Å². The van der Waals surface area contributed by atoms with Crippen LogP contribution in [0.25, 0.3) is 10.2 Å². The molecule has 1 aliphatic rings. The van der Waals surface area contributed by atoms with Crippen molar-refractivity contribution in [2.45, 2.75) is 12.8 Å². The van der Waals surface area contributed by atoms with Gasteiger partial charge in [0.05, 0.1) is 21.7 Å². The highest BCUT2D eigenvalue weighted by Crippen LogP contribution is 2.48. The average Bonchev–Trinajstić information content (AvgIpc) is 3.04. The second kappa shape index (κ2) is 7.58. The highest BCUT2D eigenvalue weighted by molar-refractivity contribution is 7.23. The largest absolute Gasteiger partial charge is 0.438 e. The number of fused-ring (bicyclic) bond motifs is 3. The van der Waals surface area contributed by atoms with E-state index in [4.69, 9.17) is 33.7 Å². The molecule has 30 heavy (non-hydrogen) atoms. The van der Waals surface area contributed by atoms with Gasteiger partial charge in [0.1, 0.15) is 28.3 Å². The van der Waals surface area contributed by atoms with Gasteiger partial charge in [0.15, 0.2) is 5.75 Å². The fourth-order valence-corrected chi connectivity index (χ4v) is 5.18. The molecule has 7 nitrogen and oxygen atoms in total. The summed E-state index contributed by atoms with van der Waals surface area (Å²) in [6, 6.07) is 8.96. The number of nitrogens with two attached hydrogens (primary N) is 1. The van der Waals surface area contributed by atoms with Crippen LogP contribution in [0.5, 0.6) is 5.75 Å². The van der Waals surface area contributed by atoms with Gasteiger partial charge in [-0.3, -0.25) is 4.79 Å². The number of nitriles is 2. The molecule has 0 saturated carbocycles. The van der Waals surface area contributed by atoms with Crippen molar-refractivity contribution in [1.29, 1.82) is 10.5 Å². The molecule has 4 rings (SSSR count). The molecule has 0 bridgehead atoms. The highest BCUT2D eigenvalue weighted by atomic mass is 35.5. The molecule has 150 valence electrons. The van der Waals surface area contributed by atoms with Crippen molar-refractivity contribution in [3.8, 4) is 17.9 Å². The number of H-pyrrole nitrogens is 1. The molecule has 1 aliphatic heterocycles. The summed E-state index contributed by atoms with van der Waals surface area (Å²) in [5, 5.41) is 23.8. The second-order valence-corrected chi connectivity index (χ2v) is 8.30. The molecular weight excluding hydrogens is 445 g/mol. The number of aromatic amines is 1. The van der Waals surface area contributed by atoms with Gasteiger partial charge < -0.3 is 20.8 Å². The number of aromatic nitrogens is 1. The number of nitrogens with zero attached hydrogens (tertiary/aromatic N) is 2. The lowest BCUT2D eigenvalue weighted by atomic mass is 9.84. The van der Waals surface area contributed by atoms with E-state index in [0.29, 0.717) is 37.9 Å². The number of benzene rings is 1. The summed E-state index contributed by atoms with van der Waals surface area (Å²) in [5.74, 6) is -0.747. The van der Waals surface area contributed by atoms with Crippen LogP contribution in [0.2, 0.25) is 10.0 Å². The summed E-state index contributed by atoms with van der Waals surface area (Å²) < 4.78 is 6.30. The fourth-order valence-electron chi connectivity index (χ4n) is 3.49.